The van der Waals surface area contributed by atoms with Crippen LogP contribution in [0.5, 0.6) is 0 Å². The summed E-state index contributed by atoms with van der Waals surface area (Å²) in [6.07, 6.45) is 4.50. The molecule has 1 aromatic heterocycles. The Kier molecular flexibility index (Phi) is 4.59. The second kappa shape index (κ2) is 6.19. The van der Waals surface area contributed by atoms with Crippen LogP contribution in [0.15, 0.2) is 22.8 Å². The fourth-order valence-electron chi connectivity index (χ4n) is 2.20. The standard InChI is InChI=1S/C13H22N2O2/c1-15(2)12(13-6-4-8-17-13)10-14-9-11-5-3-7-16-11/h4,6,8,11-12,14H,3,5,7,9-10H2,1-2H3. The van der Waals surface area contributed by atoms with Crippen LogP contribution >= 0.6 is 0 Å². The molecule has 17 heavy (non-hydrogen) atoms. The molecule has 1 aromatic rings. The van der Waals surface area contributed by atoms with Gasteiger partial charge in [-0.05, 0) is 39.1 Å². The van der Waals surface area contributed by atoms with Gasteiger partial charge in [0, 0.05) is 19.7 Å². The summed E-state index contributed by atoms with van der Waals surface area (Å²) in [5.74, 6) is 1.01. The molecule has 1 aliphatic heterocycles. The average molecular weight is 238 g/mol. The van der Waals surface area contributed by atoms with Gasteiger partial charge in [-0.15, -0.1) is 0 Å². The van der Waals surface area contributed by atoms with Gasteiger partial charge < -0.3 is 14.5 Å². The Hall–Kier alpha value is -0.840. The van der Waals surface area contributed by atoms with Crippen LogP contribution in [0.1, 0.15) is 24.6 Å². The SMILES string of the molecule is CN(C)C(CNCC1CCCO1)c1ccco1. The minimum Gasteiger partial charge on any atom is -0.468 e. The lowest BCUT2D eigenvalue weighted by Crippen LogP contribution is -2.34. The van der Waals surface area contributed by atoms with Crippen molar-refractivity contribution >= 4 is 0 Å². The van der Waals surface area contributed by atoms with E-state index in [1.807, 2.05) is 12.1 Å². The molecular formula is C13H22N2O2. The molecule has 4 heteroatoms. The highest BCUT2D eigenvalue weighted by Crippen LogP contribution is 2.18. The largest absolute Gasteiger partial charge is 0.468 e. The van der Waals surface area contributed by atoms with Crippen LogP contribution in [0.4, 0.5) is 0 Å². The normalized spacial score (nSPS) is 22.2. The molecule has 0 bridgehead atoms. The van der Waals surface area contributed by atoms with Crippen LogP contribution in [0, 0.1) is 0 Å². The van der Waals surface area contributed by atoms with Gasteiger partial charge in [-0.1, -0.05) is 0 Å². The van der Waals surface area contributed by atoms with E-state index in [2.05, 4.69) is 24.3 Å². The Morgan fingerprint density at radius 1 is 1.53 bits per heavy atom. The maximum absolute atomic E-state index is 5.59. The van der Waals surface area contributed by atoms with Crippen LogP contribution in [0.25, 0.3) is 0 Å². The maximum atomic E-state index is 5.59. The molecule has 1 aliphatic rings. The van der Waals surface area contributed by atoms with Gasteiger partial charge in [0.05, 0.1) is 18.4 Å². The predicted molar refractivity (Wildman–Crippen MR) is 67.0 cm³/mol. The fraction of sp³-hybridized carbons (Fsp3) is 0.692. The van der Waals surface area contributed by atoms with Crippen molar-refractivity contribution in [3.63, 3.8) is 0 Å². The molecule has 0 saturated carbocycles. The first-order valence-electron chi connectivity index (χ1n) is 6.29. The van der Waals surface area contributed by atoms with Crippen LogP contribution in [0.3, 0.4) is 0 Å². The van der Waals surface area contributed by atoms with E-state index in [1.165, 1.54) is 12.8 Å². The van der Waals surface area contributed by atoms with Crippen molar-refractivity contribution in [2.24, 2.45) is 0 Å². The van der Waals surface area contributed by atoms with Crippen molar-refractivity contribution in [1.29, 1.82) is 0 Å². The van der Waals surface area contributed by atoms with Gasteiger partial charge in [-0.3, -0.25) is 4.90 Å². The zero-order valence-electron chi connectivity index (χ0n) is 10.7. The number of nitrogens with zero attached hydrogens (tertiary/aromatic N) is 1. The van der Waals surface area contributed by atoms with Crippen molar-refractivity contribution in [1.82, 2.24) is 10.2 Å². The topological polar surface area (TPSA) is 37.6 Å². The van der Waals surface area contributed by atoms with Crippen molar-refractivity contribution in [3.8, 4) is 0 Å². The zero-order chi connectivity index (χ0) is 12.1. The minimum absolute atomic E-state index is 0.284. The minimum atomic E-state index is 0.284. The molecule has 0 amide bonds. The first kappa shape index (κ1) is 12.6. The van der Waals surface area contributed by atoms with E-state index in [0.29, 0.717) is 6.10 Å². The Balaban J connectivity index is 1.78. The number of nitrogens with one attached hydrogen (secondary N) is 1. The summed E-state index contributed by atoms with van der Waals surface area (Å²) in [7, 11) is 4.14. The van der Waals surface area contributed by atoms with Crippen LogP contribution in [-0.4, -0.2) is 44.8 Å². The highest BCUT2D eigenvalue weighted by atomic mass is 16.5. The van der Waals surface area contributed by atoms with E-state index in [0.717, 1.165) is 25.5 Å². The summed E-state index contributed by atoms with van der Waals surface area (Å²) in [4.78, 5) is 2.17. The Labute approximate surface area is 103 Å². The van der Waals surface area contributed by atoms with Gasteiger partial charge in [-0.25, -0.2) is 0 Å². The molecule has 2 heterocycles. The van der Waals surface area contributed by atoms with Crippen LogP contribution in [0.2, 0.25) is 0 Å². The highest BCUT2D eigenvalue weighted by molar-refractivity contribution is 5.05. The number of hydrogen-bond donors (Lipinski definition) is 1. The summed E-state index contributed by atoms with van der Waals surface area (Å²) < 4.78 is 11.1. The number of furan rings is 1. The molecular weight excluding hydrogens is 216 g/mol. The van der Waals surface area contributed by atoms with E-state index in [1.54, 1.807) is 6.26 Å². The summed E-state index contributed by atoms with van der Waals surface area (Å²) >= 11 is 0. The maximum Gasteiger partial charge on any atom is 0.122 e. The first-order valence-corrected chi connectivity index (χ1v) is 6.29. The predicted octanol–water partition coefficient (Wildman–Crippen LogP) is 1.65. The van der Waals surface area contributed by atoms with Gasteiger partial charge in [0.25, 0.3) is 0 Å². The summed E-state index contributed by atoms with van der Waals surface area (Å²) in [5.41, 5.74) is 0. The second-order valence-electron chi connectivity index (χ2n) is 4.79. The molecule has 0 spiro atoms. The molecule has 0 aliphatic carbocycles. The third-order valence-corrected chi connectivity index (χ3v) is 3.23. The van der Waals surface area contributed by atoms with Crippen molar-refractivity contribution in [2.45, 2.75) is 25.0 Å². The second-order valence-corrected chi connectivity index (χ2v) is 4.79. The smallest absolute Gasteiger partial charge is 0.122 e. The van der Waals surface area contributed by atoms with Crippen LogP contribution < -0.4 is 5.32 Å². The van der Waals surface area contributed by atoms with Gasteiger partial charge in [-0.2, -0.15) is 0 Å². The van der Waals surface area contributed by atoms with Gasteiger partial charge in [0.1, 0.15) is 5.76 Å². The Bertz CT molecular complexity index is 305. The summed E-state index contributed by atoms with van der Waals surface area (Å²) in [5, 5.41) is 3.47. The number of rotatable bonds is 6. The summed E-state index contributed by atoms with van der Waals surface area (Å²) in [6, 6.07) is 4.25. The lowest BCUT2D eigenvalue weighted by molar-refractivity contribution is 0.107. The number of ether oxygens (including phenoxy) is 1. The van der Waals surface area contributed by atoms with E-state index in [9.17, 15) is 0 Å². The van der Waals surface area contributed by atoms with E-state index < -0.39 is 0 Å². The lowest BCUT2D eigenvalue weighted by atomic mass is 10.2. The van der Waals surface area contributed by atoms with Crippen molar-refractivity contribution < 1.29 is 9.15 Å². The van der Waals surface area contributed by atoms with E-state index >= 15 is 0 Å². The zero-order valence-corrected chi connectivity index (χ0v) is 10.7. The molecule has 4 nitrogen and oxygen atoms in total. The van der Waals surface area contributed by atoms with Crippen molar-refractivity contribution in [3.05, 3.63) is 24.2 Å². The number of hydrogen-bond acceptors (Lipinski definition) is 4. The molecule has 96 valence electrons. The fourth-order valence-corrected chi connectivity index (χ4v) is 2.20. The molecule has 1 fully saturated rings. The van der Waals surface area contributed by atoms with E-state index in [4.69, 9.17) is 9.15 Å². The quantitative estimate of drug-likeness (QED) is 0.818. The highest BCUT2D eigenvalue weighted by Gasteiger charge is 2.19. The van der Waals surface area contributed by atoms with Gasteiger partial charge >= 0.3 is 0 Å². The molecule has 2 rings (SSSR count). The molecule has 2 unspecified atom stereocenters. The average Bonchev–Trinajstić information content (AvgIpc) is 2.96. The molecule has 1 N–H and O–H groups in total. The molecule has 2 atom stereocenters. The van der Waals surface area contributed by atoms with Crippen LogP contribution in [-0.2, 0) is 4.74 Å². The number of likely N-dealkylation sites (N-methyl/N-ethyl adjacent to an activating group) is 1. The first-order chi connectivity index (χ1) is 8.27. The third kappa shape index (κ3) is 3.56. The Morgan fingerprint density at radius 2 is 2.41 bits per heavy atom. The Morgan fingerprint density at radius 3 is 3.00 bits per heavy atom. The molecule has 1 saturated heterocycles. The third-order valence-electron chi connectivity index (χ3n) is 3.23. The van der Waals surface area contributed by atoms with Gasteiger partial charge in [0.15, 0.2) is 0 Å². The van der Waals surface area contributed by atoms with Crippen molar-refractivity contribution in [2.75, 3.05) is 33.8 Å². The molecule has 0 radical (unpaired) electrons. The monoisotopic (exact) mass is 238 g/mol. The lowest BCUT2D eigenvalue weighted by Gasteiger charge is -2.23. The summed E-state index contributed by atoms with van der Waals surface area (Å²) in [6.45, 7) is 2.74. The van der Waals surface area contributed by atoms with Gasteiger partial charge in [0.2, 0.25) is 0 Å². The van der Waals surface area contributed by atoms with E-state index in [-0.39, 0.29) is 6.04 Å². The molecule has 0 aromatic carbocycles.